The summed E-state index contributed by atoms with van der Waals surface area (Å²) in [4.78, 5) is 17.5. The first-order chi connectivity index (χ1) is 14.8. The van der Waals surface area contributed by atoms with Crippen LogP contribution in [0.2, 0.25) is 0 Å². The lowest BCUT2D eigenvalue weighted by Crippen LogP contribution is -2.39. The minimum Gasteiger partial charge on any atom is -0.376 e. The number of ether oxygens (including phenoxy) is 1. The predicted octanol–water partition coefficient (Wildman–Crippen LogP) is 5.13. The number of nitrogens with zero attached hydrogens (tertiary/aromatic N) is 3. The Balaban J connectivity index is 1.97. The standard InChI is InChI=1S/C25H37N3O3/c1-6-27(7-2)24-21(23(26-31-24)19-12-9-8-10-13-19)18-28(17-20-14-11-15-30-20)22(29)16-25(3,4)5/h8-10,12-13,20H,6-7,11,14-18H2,1-5H3. The van der Waals surface area contributed by atoms with E-state index in [4.69, 9.17) is 9.26 Å². The molecule has 1 aromatic heterocycles. The first-order valence-corrected chi connectivity index (χ1v) is 11.5. The predicted molar refractivity (Wildman–Crippen MR) is 124 cm³/mol. The highest BCUT2D eigenvalue weighted by molar-refractivity contribution is 5.78. The third-order valence-electron chi connectivity index (χ3n) is 5.70. The van der Waals surface area contributed by atoms with Gasteiger partial charge in [-0.3, -0.25) is 4.79 Å². The third-order valence-corrected chi connectivity index (χ3v) is 5.70. The second-order valence-corrected chi connectivity index (χ2v) is 9.50. The number of carbonyl (C=O) groups is 1. The number of aromatic nitrogens is 1. The van der Waals surface area contributed by atoms with Crippen molar-refractivity contribution in [1.29, 1.82) is 0 Å². The van der Waals surface area contributed by atoms with E-state index in [2.05, 4.69) is 44.7 Å². The van der Waals surface area contributed by atoms with E-state index in [1.165, 1.54) is 0 Å². The SMILES string of the molecule is CCN(CC)c1onc(-c2ccccc2)c1CN(CC1CCCO1)C(=O)CC(C)(C)C. The van der Waals surface area contributed by atoms with E-state index in [9.17, 15) is 4.79 Å². The minimum atomic E-state index is -0.0789. The molecule has 0 saturated carbocycles. The number of benzene rings is 1. The summed E-state index contributed by atoms with van der Waals surface area (Å²) in [6.45, 7) is 14.0. The number of hydrogen-bond acceptors (Lipinski definition) is 5. The lowest BCUT2D eigenvalue weighted by Gasteiger charge is -2.29. The molecular weight excluding hydrogens is 390 g/mol. The Morgan fingerprint density at radius 3 is 2.45 bits per heavy atom. The second kappa shape index (κ2) is 10.3. The van der Waals surface area contributed by atoms with Crippen molar-refractivity contribution in [2.45, 2.75) is 66.5 Å². The van der Waals surface area contributed by atoms with Gasteiger partial charge in [-0.15, -0.1) is 0 Å². The zero-order valence-corrected chi connectivity index (χ0v) is 19.7. The normalized spacial score (nSPS) is 16.5. The van der Waals surface area contributed by atoms with E-state index in [0.717, 1.165) is 55.2 Å². The largest absolute Gasteiger partial charge is 0.376 e. The molecule has 6 heteroatoms. The Morgan fingerprint density at radius 1 is 1.16 bits per heavy atom. The summed E-state index contributed by atoms with van der Waals surface area (Å²) in [6, 6.07) is 10.1. The van der Waals surface area contributed by atoms with Crippen LogP contribution in [0.5, 0.6) is 0 Å². The second-order valence-electron chi connectivity index (χ2n) is 9.50. The molecule has 0 spiro atoms. The monoisotopic (exact) mass is 427 g/mol. The highest BCUT2D eigenvalue weighted by Gasteiger charge is 2.29. The van der Waals surface area contributed by atoms with Gasteiger partial charge < -0.3 is 19.1 Å². The summed E-state index contributed by atoms with van der Waals surface area (Å²) >= 11 is 0. The highest BCUT2D eigenvalue weighted by Crippen LogP contribution is 2.33. The number of rotatable bonds is 9. The van der Waals surface area contributed by atoms with Gasteiger partial charge in [0.15, 0.2) is 0 Å². The molecule has 1 aliphatic heterocycles. The van der Waals surface area contributed by atoms with Crippen molar-refractivity contribution >= 4 is 11.8 Å². The lowest BCUT2D eigenvalue weighted by atomic mass is 9.91. The molecule has 1 saturated heterocycles. The van der Waals surface area contributed by atoms with Gasteiger partial charge in [0.1, 0.15) is 5.69 Å². The Morgan fingerprint density at radius 2 is 1.87 bits per heavy atom. The van der Waals surface area contributed by atoms with Crippen molar-refractivity contribution in [3.63, 3.8) is 0 Å². The highest BCUT2D eigenvalue weighted by atomic mass is 16.5. The third kappa shape index (κ3) is 6.10. The summed E-state index contributed by atoms with van der Waals surface area (Å²) in [5, 5.41) is 4.44. The van der Waals surface area contributed by atoms with E-state index in [0.29, 0.717) is 19.5 Å². The Bertz CT molecular complexity index is 831. The Hall–Kier alpha value is -2.34. The van der Waals surface area contributed by atoms with Crippen LogP contribution in [0.1, 0.15) is 59.4 Å². The van der Waals surface area contributed by atoms with E-state index in [1.54, 1.807) is 0 Å². The maximum Gasteiger partial charge on any atom is 0.232 e. The van der Waals surface area contributed by atoms with Gasteiger partial charge >= 0.3 is 0 Å². The van der Waals surface area contributed by atoms with Crippen LogP contribution in [-0.4, -0.2) is 48.3 Å². The molecule has 0 N–H and O–H groups in total. The maximum absolute atomic E-state index is 13.3. The quantitative estimate of drug-likeness (QED) is 0.555. The van der Waals surface area contributed by atoms with Gasteiger partial charge in [0.05, 0.1) is 18.2 Å². The molecule has 3 rings (SSSR count). The minimum absolute atomic E-state index is 0.0789. The van der Waals surface area contributed by atoms with Gasteiger partial charge in [-0.05, 0) is 32.1 Å². The van der Waals surface area contributed by atoms with Crippen molar-refractivity contribution in [2.75, 3.05) is 31.1 Å². The number of carbonyl (C=O) groups excluding carboxylic acids is 1. The molecule has 6 nitrogen and oxygen atoms in total. The van der Waals surface area contributed by atoms with Crippen LogP contribution < -0.4 is 4.90 Å². The summed E-state index contributed by atoms with van der Waals surface area (Å²) < 4.78 is 11.7. The first-order valence-electron chi connectivity index (χ1n) is 11.5. The van der Waals surface area contributed by atoms with Crippen LogP contribution in [0.15, 0.2) is 34.9 Å². The molecule has 1 amide bonds. The molecule has 2 aromatic rings. The molecule has 2 heterocycles. The molecule has 1 atom stereocenters. The van der Waals surface area contributed by atoms with Gasteiger partial charge in [-0.1, -0.05) is 56.3 Å². The van der Waals surface area contributed by atoms with Crippen LogP contribution >= 0.6 is 0 Å². The van der Waals surface area contributed by atoms with E-state index in [-0.39, 0.29) is 17.4 Å². The van der Waals surface area contributed by atoms with Gasteiger partial charge in [-0.25, -0.2) is 0 Å². The van der Waals surface area contributed by atoms with Gasteiger partial charge in [0.25, 0.3) is 0 Å². The molecule has 1 aliphatic rings. The Labute approximate surface area is 186 Å². The molecule has 0 radical (unpaired) electrons. The Kier molecular flexibility index (Phi) is 7.76. The van der Waals surface area contributed by atoms with Crippen LogP contribution in [0.25, 0.3) is 11.3 Å². The average molecular weight is 428 g/mol. The zero-order chi connectivity index (χ0) is 22.4. The maximum atomic E-state index is 13.3. The first kappa shape index (κ1) is 23.3. The number of amides is 1. The van der Waals surface area contributed by atoms with Crippen molar-refractivity contribution in [3.05, 3.63) is 35.9 Å². The van der Waals surface area contributed by atoms with Crippen molar-refractivity contribution in [2.24, 2.45) is 5.41 Å². The summed E-state index contributed by atoms with van der Waals surface area (Å²) in [7, 11) is 0. The van der Waals surface area contributed by atoms with E-state index >= 15 is 0 Å². The average Bonchev–Trinajstić information content (AvgIpc) is 3.38. The molecule has 31 heavy (non-hydrogen) atoms. The fourth-order valence-electron chi connectivity index (χ4n) is 4.07. The van der Waals surface area contributed by atoms with E-state index in [1.807, 2.05) is 35.2 Å². The smallest absolute Gasteiger partial charge is 0.232 e. The topological polar surface area (TPSA) is 58.8 Å². The van der Waals surface area contributed by atoms with Crippen LogP contribution in [-0.2, 0) is 16.1 Å². The van der Waals surface area contributed by atoms with Gasteiger partial charge in [-0.2, -0.15) is 0 Å². The fraction of sp³-hybridized carbons (Fsp3) is 0.600. The van der Waals surface area contributed by atoms with Crippen molar-refractivity contribution in [1.82, 2.24) is 10.1 Å². The molecule has 170 valence electrons. The van der Waals surface area contributed by atoms with Gasteiger partial charge in [0, 0.05) is 38.2 Å². The summed E-state index contributed by atoms with van der Waals surface area (Å²) in [5.41, 5.74) is 2.70. The zero-order valence-electron chi connectivity index (χ0n) is 19.7. The van der Waals surface area contributed by atoms with Gasteiger partial charge in [0.2, 0.25) is 11.8 Å². The fourth-order valence-corrected chi connectivity index (χ4v) is 4.07. The van der Waals surface area contributed by atoms with Crippen LogP contribution in [0, 0.1) is 5.41 Å². The number of hydrogen-bond donors (Lipinski definition) is 0. The number of anilines is 1. The molecule has 1 unspecified atom stereocenters. The molecule has 1 fully saturated rings. The van der Waals surface area contributed by atoms with Crippen LogP contribution in [0.4, 0.5) is 5.88 Å². The molecular formula is C25H37N3O3. The summed E-state index contributed by atoms with van der Waals surface area (Å²) in [6.07, 6.45) is 2.64. The summed E-state index contributed by atoms with van der Waals surface area (Å²) in [5.74, 6) is 0.901. The van der Waals surface area contributed by atoms with Crippen LogP contribution in [0.3, 0.4) is 0 Å². The van der Waals surface area contributed by atoms with Crippen molar-refractivity contribution in [3.8, 4) is 11.3 Å². The van der Waals surface area contributed by atoms with E-state index < -0.39 is 0 Å². The molecule has 0 aliphatic carbocycles. The van der Waals surface area contributed by atoms with Crippen molar-refractivity contribution < 1.29 is 14.1 Å². The lowest BCUT2D eigenvalue weighted by molar-refractivity contribution is -0.135. The molecule has 0 bridgehead atoms. The molecule has 1 aromatic carbocycles.